The van der Waals surface area contributed by atoms with Gasteiger partial charge in [0.05, 0.1) is 22.8 Å². The summed E-state index contributed by atoms with van der Waals surface area (Å²) in [5, 5.41) is 0. The average molecular weight is 773 g/mol. The zero-order valence-corrected chi connectivity index (χ0v) is 32.2. The van der Waals surface area contributed by atoms with Crippen LogP contribution in [0.1, 0.15) is 45.0 Å². The van der Waals surface area contributed by atoms with Gasteiger partial charge in [-0.2, -0.15) is 0 Å². The molecule has 57 heavy (non-hydrogen) atoms. The van der Waals surface area contributed by atoms with Crippen LogP contribution in [-0.4, -0.2) is 9.97 Å². The van der Waals surface area contributed by atoms with E-state index in [2.05, 4.69) is 123 Å². The summed E-state index contributed by atoms with van der Waals surface area (Å²) in [5.41, 5.74) is 18.1. The van der Waals surface area contributed by atoms with Crippen molar-refractivity contribution in [3.63, 3.8) is 0 Å². The Labute approximate surface area is 343 Å². The average Bonchev–Trinajstić information content (AvgIpc) is 4.09. The molecule has 0 atom stereocenters. The van der Waals surface area contributed by atoms with E-state index in [4.69, 9.17) is 19.9 Å². The van der Waals surface area contributed by atoms with E-state index in [-0.39, 0.29) is 17.1 Å². The first-order valence-corrected chi connectivity index (χ1v) is 18.5. The standard InChI is InChI=1S/C52H36N4.Fe/c1-5-33-13-9-17-37(29-33)49-41-21-23-43(53-41)50(38-18-10-14-34(6-2)30-38)45-25-27-47(55-45)52(40-20-12-16-36(8-4)32-40)48-28-26-46(56-48)51(44-24-22-42(49)54-44)39-19-11-15-35(7-3)31-39;/h5-32H,1-4H2;/q-2;+2. The van der Waals surface area contributed by atoms with Crippen molar-refractivity contribution in [2.24, 2.45) is 0 Å². The third kappa shape index (κ3) is 6.91. The van der Waals surface area contributed by atoms with Crippen LogP contribution >= 0.6 is 0 Å². The van der Waals surface area contributed by atoms with Crippen molar-refractivity contribution in [3.05, 3.63) is 193 Å². The van der Waals surface area contributed by atoms with Gasteiger partial charge in [0, 0.05) is 0 Å². The molecule has 0 spiro atoms. The number of aromatic nitrogens is 4. The Morgan fingerprint density at radius 1 is 0.351 bits per heavy atom. The fourth-order valence-corrected chi connectivity index (χ4v) is 7.56. The van der Waals surface area contributed by atoms with E-state index < -0.39 is 0 Å². The van der Waals surface area contributed by atoms with Crippen LogP contribution < -0.4 is 9.97 Å². The first kappa shape index (κ1) is 36.9. The summed E-state index contributed by atoms with van der Waals surface area (Å²) >= 11 is 0. The normalized spacial score (nSPS) is 11.5. The molecule has 4 nitrogen and oxygen atoms in total. The molecule has 2 aliphatic rings. The Balaban J connectivity index is 0.00000455. The van der Waals surface area contributed by atoms with Crippen LogP contribution in [0, 0.1) is 0 Å². The van der Waals surface area contributed by atoms with Gasteiger partial charge in [0.25, 0.3) is 0 Å². The Kier molecular flexibility index (Phi) is 10.1. The summed E-state index contributed by atoms with van der Waals surface area (Å²) in [6.45, 7) is 16.2. The molecule has 2 aliphatic heterocycles. The molecule has 4 aromatic carbocycles. The van der Waals surface area contributed by atoms with E-state index in [1.54, 1.807) is 0 Å². The Morgan fingerprint density at radius 3 is 0.825 bits per heavy atom. The smallest absolute Gasteiger partial charge is 0.657 e. The molecule has 3 aromatic heterocycles. The van der Waals surface area contributed by atoms with Gasteiger partial charge in [-0.25, -0.2) is 9.97 Å². The molecule has 0 unspecified atom stereocenters. The van der Waals surface area contributed by atoms with Gasteiger partial charge in [0.2, 0.25) is 0 Å². The topological polar surface area (TPSA) is 54.0 Å². The van der Waals surface area contributed by atoms with Gasteiger partial charge in [-0.15, -0.1) is 22.1 Å². The summed E-state index contributed by atoms with van der Waals surface area (Å²) in [6.07, 6.45) is 15.8. The predicted molar refractivity (Wildman–Crippen MR) is 239 cm³/mol. The maximum Gasteiger partial charge on any atom is 2.00 e. The van der Waals surface area contributed by atoms with Crippen LogP contribution in [0.3, 0.4) is 0 Å². The largest absolute Gasteiger partial charge is 2.00 e. The van der Waals surface area contributed by atoms with Crippen LogP contribution in [-0.2, 0) is 17.1 Å². The molecular weight excluding hydrogens is 736 g/mol. The number of hydrogen-bond acceptors (Lipinski definition) is 2. The van der Waals surface area contributed by atoms with Gasteiger partial charge in [-0.05, 0) is 115 Å². The number of nitrogens with zero attached hydrogens (tertiary/aromatic N) is 4. The second-order valence-corrected chi connectivity index (χ2v) is 13.7. The molecule has 7 aromatic rings. The molecule has 0 saturated carbocycles. The molecular formula is C52H36FeN4. The second kappa shape index (κ2) is 15.6. The van der Waals surface area contributed by atoms with Crippen molar-refractivity contribution < 1.29 is 17.1 Å². The van der Waals surface area contributed by atoms with Crippen molar-refractivity contribution in [1.29, 1.82) is 0 Å². The van der Waals surface area contributed by atoms with Gasteiger partial charge < -0.3 is 9.97 Å². The Morgan fingerprint density at radius 2 is 0.596 bits per heavy atom. The molecule has 9 rings (SSSR count). The van der Waals surface area contributed by atoms with E-state index in [9.17, 15) is 0 Å². The minimum absolute atomic E-state index is 0. The van der Waals surface area contributed by atoms with Gasteiger partial charge in [-0.1, -0.05) is 148 Å². The van der Waals surface area contributed by atoms with E-state index in [1.165, 1.54) is 0 Å². The van der Waals surface area contributed by atoms with Crippen molar-refractivity contribution in [3.8, 4) is 44.5 Å². The van der Waals surface area contributed by atoms with E-state index in [1.807, 2.05) is 72.8 Å². The van der Waals surface area contributed by atoms with Gasteiger partial charge >= 0.3 is 17.1 Å². The summed E-state index contributed by atoms with van der Waals surface area (Å²) in [6, 6.07) is 41.7. The SMILES string of the molecule is C=Cc1cccc(-c2c3nc(c(-c4cccc(C=C)c4)c4ccc([n-]4)c(-c4cccc(C=C)c4)c4nc(c(-c5cccc(C=C)c5)c5ccc2[n-]5)C=C4)C=C3)c1.[Fe+2]. The molecule has 0 aliphatic carbocycles. The van der Waals surface area contributed by atoms with Gasteiger partial charge in [-0.3, -0.25) is 0 Å². The minimum Gasteiger partial charge on any atom is -0.657 e. The summed E-state index contributed by atoms with van der Waals surface area (Å²) < 4.78 is 0. The van der Waals surface area contributed by atoms with E-state index in [0.29, 0.717) is 0 Å². The molecule has 0 radical (unpaired) electrons. The molecule has 0 saturated heterocycles. The zero-order valence-electron chi connectivity index (χ0n) is 31.1. The molecule has 5 heterocycles. The molecule has 5 heteroatoms. The Bertz CT molecular complexity index is 2610. The first-order valence-electron chi connectivity index (χ1n) is 18.5. The number of benzene rings is 4. The van der Waals surface area contributed by atoms with Gasteiger partial charge in [0.1, 0.15) is 0 Å². The summed E-state index contributed by atoms with van der Waals surface area (Å²) in [5.74, 6) is 0. The van der Waals surface area contributed by atoms with Gasteiger partial charge in [0.15, 0.2) is 0 Å². The van der Waals surface area contributed by atoms with Crippen molar-refractivity contribution in [2.45, 2.75) is 0 Å². The third-order valence-corrected chi connectivity index (χ3v) is 10.3. The molecule has 0 amide bonds. The summed E-state index contributed by atoms with van der Waals surface area (Å²) in [7, 11) is 0. The van der Waals surface area contributed by atoms with E-state index >= 15 is 0 Å². The number of fused-ring (bicyclic) bond motifs is 8. The Hall–Kier alpha value is -7.04. The minimum atomic E-state index is 0. The molecule has 272 valence electrons. The summed E-state index contributed by atoms with van der Waals surface area (Å²) in [4.78, 5) is 21.6. The predicted octanol–water partition coefficient (Wildman–Crippen LogP) is 13.2. The number of rotatable bonds is 8. The van der Waals surface area contributed by atoms with Crippen LogP contribution in [0.25, 0.3) is 115 Å². The van der Waals surface area contributed by atoms with E-state index in [0.717, 1.165) is 112 Å². The number of hydrogen-bond donors (Lipinski definition) is 0. The molecule has 0 fully saturated rings. The van der Waals surface area contributed by atoms with Crippen LogP contribution in [0.4, 0.5) is 0 Å². The maximum absolute atomic E-state index is 5.39. The monoisotopic (exact) mass is 772 g/mol. The van der Waals surface area contributed by atoms with Crippen LogP contribution in [0.5, 0.6) is 0 Å². The fraction of sp³-hybridized carbons (Fsp3) is 0. The third-order valence-electron chi connectivity index (χ3n) is 10.3. The maximum atomic E-state index is 5.39. The fourth-order valence-electron chi connectivity index (χ4n) is 7.56. The molecule has 8 bridgehead atoms. The van der Waals surface area contributed by atoms with Crippen molar-refractivity contribution >= 4 is 70.7 Å². The second-order valence-electron chi connectivity index (χ2n) is 13.7. The zero-order chi connectivity index (χ0) is 38.2. The van der Waals surface area contributed by atoms with Crippen LogP contribution in [0.15, 0.2) is 148 Å². The first-order chi connectivity index (χ1) is 27.5. The van der Waals surface area contributed by atoms with Crippen LogP contribution in [0.2, 0.25) is 0 Å². The quantitative estimate of drug-likeness (QED) is 0.144. The van der Waals surface area contributed by atoms with Crippen molar-refractivity contribution in [2.75, 3.05) is 0 Å². The molecule has 0 N–H and O–H groups in total. The van der Waals surface area contributed by atoms with Crippen molar-refractivity contribution in [1.82, 2.24) is 19.9 Å².